The SMILES string of the molecule is COc1ccc(Br)cc1/C=C(/C#N)c1ccc2ccccc2c1. The lowest BCUT2D eigenvalue weighted by Gasteiger charge is -2.07. The van der Waals surface area contributed by atoms with Crippen LogP contribution in [-0.4, -0.2) is 7.11 Å². The zero-order valence-corrected chi connectivity index (χ0v) is 14.2. The lowest BCUT2D eigenvalue weighted by molar-refractivity contribution is 0.414. The summed E-state index contributed by atoms with van der Waals surface area (Å²) in [6.07, 6.45) is 1.85. The molecule has 0 spiro atoms. The van der Waals surface area contributed by atoms with Gasteiger partial charge in [0, 0.05) is 10.0 Å². The molecule has 0 fully saturated rings. The minimum Gasteiger partial charge on any atom is -0.496 e. The van der Waals surface area contributed by atoms with Crippen LogP contribution in [0, 0.1) is 11.3 Å². The Balaban J connectivity index is 2.11. The second-order valence-corrected chi connectivity index (χ2v) is 6.03. The van der Waals surface area contributed by atoms with Gasteiger partial charge in [0.15, 0.2) is 0 Å². The molecule has 0 unspecified atom stereocenters. The van der Waals surface area contributed by atoms with Gasteiger partial charge < -0.3 is 4.74 Å². The molecule has 0 aliphatic rings. The Morgan fingerprint density at radius 1 is 1.04 bits per heavy atom. The van der Waals surface area contributed by atoms with E-state index in [4.69, 9.17) is 4.74 Å². The molecule has 0 bridgehead atoms. The quantitative estimate of drug-likeness (QED) is 0.443. The van der Waals surface area contributed by atoms with E-state index >= 15 is 0 Å². The largest absolute Gasteiger partial charge is 0.496 e. The van der Waals surface area contributed by atoms with Gasteiger partial charge in [0.25, 0.3) is 0 Å². The topological polar surface area (TPSA) is 33.0 Å². The number of methoxy groups -OCH3 is 1. The molecular weight excluding hydrogens is 350 g/mol. The van der Waals surface area contributed by atoms with Crippen LogP contribution in [0.1, 0.15) is 11.1 Å². The Bertz CT molecular complexity index is 938. The molecule has 3 rings (SSSR count). The van der Waals surface area contributed by atoms with Gasteiger partial charge in [0.05, 0.1) is 18.8 Å². The van der Waals surface area contributed by atoms with Crippen molar-refractivity contribution in [2.45, 2.75) is 0 Å². The van der Waals surface area contributed by atoms with Crippen molar-refractivity contribution in [3.8, 4) is 11.8 Å². The van der Waals surface area contributed by atoms with Gasteiger partial charge in [-0.15, -0.1) is 0 Å². The first-order chi connectivity index (χ1) is 11.2. The van der Waals surface area contributed by atoms with Crippen molar-refractivity contribution < 1.29 is 4.74 Å². The normalized spacial score (nSPS) is 11.3. The highest BCUT2D eigenvalue weighted by Crippen LogP contribution is 2.28. The second-order valence-electron chi connectivity index (χ2n) is 5.12. The van der Waals surface area contributed by atoms with Crippen LogP contribution in [0.2, 0.25) is 0 Å². The molecule has 0 saturated heterocycles. The number of nitrogens with zero attached hydrogens (tertiary/aromatic N) is 1. The van der Waals surface area contributed by atoms with Crippen LogP contribution in [-0.2, 0) is 0 Å². The Labute approximate surface area is 143 Å². The van der Waals surface area contributed by atoms with Crippen molar-refractivity contribution in [3.63, 3.8) is 0 Å². The van der Waals surface area contributed by atoms with E-state index in [1.165, 1.54) is 0 Å². The van der Waals surface area contributed by atoms with E-state index in [1.807, 2.05) is 60.7 Å². The van der Waals surface area contributed by atoms with Crippen molar-refractivity contribution in [2.75, 3.05) is 7.11 Å². The molecule has 0 heterocycles. The van der Waals surface area contributed by atoms with E-state index in [-0.39, 0.29) is 0 Å². The van der Waals surface area contributed by atoms with Gasteiger partial charge in [-0.05, 0) is 46.7 Å². The summed E-state index contributed by atoms with van der Waals surface area (Å²) in [6, 6.07) is 22.2. The third-order valence-corrected chi connectivity index (χ3v) is 4.17. The summed E-state index contributed by atoms with van der Waals surface area (Å²) in [4.78, 5) is 0. The highest BCUT2D eigenvalue weighted by Gasteiger charge is 2.06. The van der Waals surface area contributed by atoms with Crippen molar-refractivity contribution in [1.82, 2.24) is 0 Å². The number of ether oxygens (including phenoxy) is 1. The Kier molecular flexibility index (Phi) is 4.45. The lowest BCUT2D eigenvalue weighted by atomic mass is 10.00. The number of hydrogen-bond acceptors (Lipinski definition) is 2. The van der Waals surface area contributed by atoms with Gasteiger partial charge in [0.2, 0.25) is 0 Å². The third kappa shape index (κ3) is 3.28. The summed E-state index contributed by atoms with van der Waals surface area (Å²) in [5, 5.41) is 11.9. The molecule has 3 heteroatoms. The predicted octanol–water partition coefficient (Wildman–Crippen LogP) is 5.68. The Hall–Kier alpha value is -2.57. The second kappa shape index (κ2) is 6.68. The molecule has 0 aliphatic carbocycles. The van der Waals surface area contributed by atoms with Crippen LogP contribution >= 0.6 is 15.9 Å². The Morgan fingerprint density at radius 2 is 1.83 bits per heavy atom. The number of halogens is 1. The number of nitriles is 1. The van der Waals surface area contributed by atoms with Crippen molar-refractivity contribution in [2.24, 2.45) is 0 Å². The van der Waals surface area contributed by atoms with Crippen LogP contribution < -0.4 is 4.74 Å². The minimum atomic E-state index is 0.604. The third-order valence-electron chi connectivity index (χ3n) is 3.67. The molecule has 0 saturated carbocycles. The molecule has 112 valence electrons. The molecule has 23 heavy (non-hydrogen) atoms. The fourth-order valence-corrected chi connectivity index (χ4v) is 2.89. The van der Waals surface area contributed by atoms with Gasteiger partial charge in [0.1, 0.15) is 5.75 Å². The summed E-state index contributed by atoms with van der Waals surface area (Å²) in [7, 11) is 1.63. The molecule has 3 aromatic carbocycles. The number of rotatable bonds is 3. The van der Waals surface area contributed by atoms with Crippen LogP contribution in [0.25, 0.3) is 22.4 Å². The number of hydrogen-bond donors (Lipinski definition) is 0. The molecule has 0 amide bonds. The lowest BCUT2D eigenvalue weighted by Crippen LogP contribution is -1.88. The fraction of sp³-hybridized carbons (Fsp3) is 0.0500. The predicted molar refractivity (Wildman–Crippen MR) is 98.1 cm³/mol. The monoisotopic (exact) mass is 363 g/mol. The average molecular weight is 364 g/mol. The van der Waals surface area contributed by atoms with Crippen LogP contribution in [0.15, 0.2) is 65.1 Å². The summed E-state index contributed by atoms with van der Waals surface area (Å²) < 4.78 is 6.32. The summed E-state index contributed by atoms with van der Waals surface area (Å²) in [5.41, 5.74) is 2.37. The molecular formula is C20H14BrNO. The van der Waals surface area contributed by atoms with Gasteiger partial charge in [-0.25, -0.2) is 0 Å². The summed E-state index contributed by atoms with van der Waals surface area (Å²) in [5.74, 6) is 0.738. The van der Waals surface area contributed by atoms with E-state index in [0.717, 1.165) is 32.1 Å². The van der Waals surface area contributed by atoms with E-state index in [1.54, 1.807) is 7.11 Å². The first-order valence-electron chi connectivity index (χ1n) is 7.16. The van der Waals surface area contributed by atoms with Gasteiger partial charge in [-0.1, -0.05) is 52.3 Å². The first kappa shape index (κ1) is 15.3. The molecule has 0 aliphatic heterocycles. The van der Waals surface area contributed by atoms with Gasteiger partial charge >= 0.3 is 0 Å². The van der Waals surface area contributed by atoms with Gasteiger partial charge in [-0.3, -0.25) is 0 Å². The molecule has 3 aromatic rings. The Morgan fingerprint density at radius 3 is 2.57 bits per heavy atom. The maximum Gasteiger partial charge on any atom is 0.126 e. The minimum absolute atomic E-state index is 0.604. The van der Waals surface area contributed by atoms with E-state index < -0.39 is 0 Å². The zero-order valence-electron chi connectivity index (χ0n) is 12.6. The number of allylic oxidation sites excluding steroid dienone is 1. The van der Waals surface area contributed by atoms with Crippen LogP contribution in [0.4, 0.5) is 0 Å². The highest BCUT2D eigenvalue weighted by atomic mass is 79.9. The van der Waals surface area contributed by atoms with Crippen LogP contribution in [0.5, 0.6) is 5.75 Å². The van der Waals surface area contributed by atoms with E-state index in [9.17, 15) is 5.26 Å². The number of benzene rings is 3. The fourth-order valence-electron chi connectivity index (χ4n) is 2.51. The van der Waals surface area contributed by atoms with E-state index in [0.29, 0.717) is 5.57 Å². The number of fused-ring (bicyclic) bond motifs is 1. The summed E-state index contributed by atoms with van der Waals surface area (Å²) >= 11 is 3.46. The van der Waals surface area contributed by atoms with Crippen molar-refractivity contribution in [3.05, 3.63) is 76.3 Å². The first-order valence-corrected chi connectivity index (χ1v) is 7.95. The highest BCUT2D eigenvalue weighted by molar-refractivity contribution is 9.10. The summed E-state index contributed by atoms with van der Waals surface area (Å²) in [6.45, 7) is 0. The molecule has 0 aromatic heterocycles. The molecule has 0 radical (unpaired) electrons. The van der Waals surface area contributed by atoms with Crippen molar-refractivity contribution >= 4 is 38.4 Å². The molecule has 0 atom stereocenters. The standard InChI is InChI=1S/C20H14BrNO/c1-23-20-9-8-19(21)12-17(20)11-18(13-22)16-7-6-14-4-2-3-5-15(14)10-16/h2-12H,1H3/b18-11-. The van der Waals surface area contributed by atoms with Crippen molar-refractivity contribution in [1.29, 1.82) is 5.26 Å². The van der Waals surface area contributed by atoms with Gasteiger partial charge in [-0.2, -0.15) is 5.26 Å². The molecule has 0 N–H and O–H groups in total. The van der Waals surface area contributed by atoms with E-state index in [2.05, 4.69) is 28.1 Å². The molecule has 2 nitrogen and oxygen atoms in total. The smallest absolute Gasteiger partial charge is 0.126 e. The maximum atomic E-state index is 9.57. The average Bonchev–Trinajstić information content (AvgIpc) is 2.59. The zero-order chi connectivity index (χ0) is 16.2. The maximum absolute atomic E-state index is 9.57. The van der Waals surface area contributed by atoms with Crippen LogP contribution in [0.3, 0.4) is 0 Å².